The Morgan fingerprint density at radius 3 is 2.95 bits per heavy atom. The molecule has 0 amide bonds. The lowest BCUT2D eigenvalue weighted by Crippen LogP contribution is -2.16. The van der Waals surface area contributed by atoms with Crippen LogP contribution in [0.4, 0.5) is 11.5 Å². The predicted octanol–water partition coefficient (Wildman–Crippen LogP) is 2.38. The van der Waals surface area contributed by atoms with E-state index in [0.29, 0.717) is 10.6 Å². The number of rotatable bonds is 3. The molecule has 3 N–H and O–H groups in total. The zero-order valence-corrected chi connectivity index (χ0v) is 13.7. The summed E-state index contributed by atoms with van der Waals surface area (Å²) in [6, 6.07) is 7.07. The number of hydrogen-bond donors (Lipinski definition) is 2. The summed E-state index contributed by atoms with van der Waals surface area (Å²) >= 11 is 3.44. The lowest BCUT2D eigenvalue weighted by molar-refractivity contribution is 0.597. The van der Waals surface area contributed by atoms with Crippen LogP contribution >= 0.6 is 33.9 Å². The summed E-state index contributed by atoms with van der Waals surface area (Å²) in [5.41, 5.74) is 6.21. The molecule has 3 aromatic rings. The van der Waals surface area contributed by atoms with Crippen molar-refractivity contribution in [2.45, 2.75) is 5.03 Å². The second-order valence-electron chi connectivity index (χ2n) is 3.97. The van der Waals surface area contributed by atoms with Gasteiger partial charge in [0.25, 0.3) is 10.0 Å². The minimum Gasteiger partial charge on any atom is -0.381 e. The van der Waals surface area contributed by atoms with E-state index in [9.17, 15) is 8.42 Å². The smallest absolute Gasteiger partial charge is 0.281 e. The van der Waals surface area contributed by atoms with E-state index in [0.717, 1.165) is 3.57 Å². The van der Waals surface area contributed by atoms with Crippen molar-refractivity contribution in [2.75, 3.05) is 10.5 Å². The molecule has 20 heavy (non-hydrogen) atoms. The van der Waals surface area contributed by atoms with Crippen LogP contribution in [0.5, 0.6) is 0 Å². The van der Waals surface area contributed by atoms with Crippen LogP contribution in [-0.4, -0.2) is 17.8 Å². The van der Waals surface area contributed by atoms with Gasteiger partial charge in [0.1, 0.15) is 0 Å². The van der Waals surface area contributed by atoms with Gasteiger partial charge >= 0.3 is 0 Å². The fraction of sp³-hybridized carbons (Fsp3) is 0. The number of anilines is 2. The molecular weight excluding hydrogens is 411 g/mol. The van der Waals surface area contributed by atoms with Crippen LogP contribution in [0.2, 0.25) is 0 Å². The van der Waals surface area contributed by atoms with Crippen molar-refractivity contribution < 1.29 is 8.42 Å². The monoisotopic (exact) mass is 420 g/mol. The first-order valence-electron chi connectivity index (χ1n) is 5.47. The number of nitrogen functional groups attached to an aromatic ring is 1. The highest BCUT2D eigenvalue weighted by molar-refractivity contribution is 14.1. The number of nitrogens with one attached hydrogen (secondary N) is 1. The number of thiazole rings is 1. The molecule has 0 aliphatic rings. The minimum atomic E-state index is -3.79. The molecular formula is C11H9IN4O2S2. The minimum absolute atomic E-state index is 0.00465. The van der Waals surface area contributed by atoms with Gasteiger partial charge in [0.2, 0.25) is 5.03 Å². The summed E-state index contributed by atoms with van der Waals surface area (Å²) in [5, 5.41) is 1.72. The fourth-order valence-corrected chi connectivity index (χ4v) is 4.39. The topological polar surface area (TPSA) is 89.5 Å². The molecule has 9 heteroatoms. The van der Waals surface area contributed by atoms with Crippen molar-refractivity contribution in [1.29, 1.82) is 0 Å². The average molecular weight is 420 g/mol. The number of imidazole rings is 1. The van der Waals surface area contributed by atoms with Gasteiger partial charge in [-0.2, -0.15) is 8.42 Å². The van der Waals surface area contributed by atoms with Crippen molar-refractivity contribution in [3.05, 3.63) is 39.4 Å². The second-order valence-corrected chi connectivity index (χ2v) is 7.69. The van der Waals surface area contributed by atoms with Gasteiger partial charge in [0.05, 0.1) is 0 Å². The Labute approximate surface area is 132 Å². The molecule has 2 aromatic heterocycles. The highest BCUT2D eigenvalue weighted by Gasteiger charge is 2.24. The maximum Gasteiger partial charge on any atom is 0.281 e. The normalized spacial score (nSPS) is 11.8. The van der Waals surface area contributed by atoms with E-state index in [1.165, 1.54) is 15.7 Å². The van der Waals surface area contributed by atoms with Gasteiger partial charge in [0, 0.05) is 20.8 Å². The van der Waals surface area contributed by atoms with Crippen LogP contribution in [0.15, 0.2) is 40.9 Å². The fourth-order valence-electron chi connectivity index (χ4n) is 1.80. The zero-order valence-electron chi connectivity index (χ0n) is 9.95. The molecule has 6 nitrogen and oxygen atoms in total. The molecule has 0 radical (unpaired) electrons. The maximum atomic E-state index is 12.5. The molecule has 0 bridgehead atoms. The van der Waals surface area contributed by atoms with E-state index in [-0.39, 0.29) is 10.8 Å². The number of hydrogen-bond acceptors (Lipinski definition) is 5. The standard InChI is InChI=1S/C11H9IN4O2S2/c12-7-2-1-3-8(6-7)15-20(17,18)10-9(13)14-11-16(10)4-5-19-11/h1-6,15H,13H2. The van der Waals surface area contributed by atoms with Crippen molar-refractivity contribution in [3.8, 4) is 0 Å². The Kier molecular flexibility index (Phi) is 3.34. The van der Waals surface area contributed by atoms with Gasteiger partial charge in [-0.3, -0.25) is 9.12 Å². The summed E-state index contributed by atoms with van der Waals surface area (Å²) in [7, 11) is -3.79. The zero-order chi connectivity index (χ0) is 14.3. The number of benzene rings is 1. The Bertz CT molecular complexity index is 885. The third-order valence-corrected chi connectivity index (χ3v) is 5.42. The highest BCUT2D eigenvalue weighted by Crippen LogP contribution is 2.25. The molecule has 0 atom stereocenters. The van der Waals surface area contributed by atoms with E-state index in [1.54, 1.807) is 29.8 Å². The van der Waals surface area contributed by atoms with Crippen LogP contribution in [0.1, 0.15) is 0 Å². The molecule has 0 unspecified atom stereocenters. The molecule has 0 aliphatic carbocycles. The summed E-state index contributed by atoms with van der Waals surface area (Å²) in [4.78, 5) is 4.58. The van der Waals surface area contributed by atoms with E-state index in [1.807, 2.05) is 6.07 Å². The van der Waals surface area contributed by atoms with Gasteiger partial charge in [-0.15, -0.1) is 11.3 Å². The van der Waals surface area contributed by atoms with E-state index in [2.05, 4.69) is 32.3 Å². The van der Waals surface area contributed by atoms with Crippen LogP contribution in [-0.2, 0) is 10.0 Å². The lowest BCUT2D eigenvalue weighted by Gasteiger charge is -2.08. The molecule has 0 aliphatic heterocycles. The van der Waals surface area contributed by atoms with E-state index in [4.69, 9.17) is 5.73 Å². The number of sulfonamides is 1. The molecule has 0 spiro atoms. The Morgan fingerprint density at radius 1 is 1.40 bits per heavy atom. The number of aromatic nitrogens is 2. The quantitative estimate of drug-likeness (QED) is 0.637. The molecule has 104 valence electrons. The van der Waals surface area contributed by atoms with Crippen LogP contribution < -0.4 is 10.5 Å². The first-order valence-corrected chi connectivity index (χ1v) is 8.91. The Balaban J connectivity index is 2.08. The van der Waals surface area contributed by atoms with E-state index < -0.39 is 10.0 Å². The second kappa shape index (κ2) is 4.90. The average Bonchev–Trinajstić information content (AvgIpc) is 2.87. The molecule has 0 saturated heterocycles. The Morgan fingerprint density at radius 2 is 2.20 bits per heavy atom. The molecule has 0 fully saturated rings. The first kappa shape index (κ1) is 13.6. The number of nitrogens with two attached hydrogens (primary N) is 1. The van der Waals surface area contributed by atoms with Crippen molar-refractivity contribution in [2.24, 2.45) is 0 Å². The van der Waals surface area contributed by atoms with Crippen molar-refractivity contribution in [1.82, 2.24) is 9.38 Å². The van der Waals surface area contributed by atoms with Gasteiger partial charge in [-0.25, -0.2) is 4.98 Å². The largest absolute Gasteiger partial charge is 0.381 e. The Hall–Kier alpha value is -1.33. The maximum absolute atomic E-state index is 12.5. The van der Waals surface area contributed by atoms with Crippen molar-refractivity contribution >= 4 is 60.4 Å². The molecule has 3 rings (SSSR count). The van der Waals surface area contributed by atoms with Gasteiger partial charge in [-0.1, -0.05) is 6.07 Å². The number of nitrogens with zero attached hydrogens (tertiary/aromatic N) is 2. The van der Waals surface area contributed by atoms with Crippen LogP contribution in [0.25, 0.3) is 4.96 Å². The van der Waals surface area contributed by atoms with E-state index >= 15 is 0 Å². The van der Waals surface area contributed by atoms with Crippen molar-refractivity contribution in [3.63, 3.8) is 0 Å². The van der Waals surface area contributed by atoms with Crippen LogP contribution in [0, 0.1) is 3.57 Å². The summed E-state index contributed by atoms with van der Waals surface area (Å²) < 4.78 is 29.8. The van der Waals surface area contributed by atoms with Gasteiger partial charge in [-0.05, 0) is 40.8 Å². The first-order chi connectivity index (χ1) is 9.47. The summed E-state index contributed by atoms with van der Waals surface area (Å²) in [6.07, 6.45) is 1.63. The van der Waals surface area contributed by atoms with Gasteiger partial charge < -0.3 is 5.73 Å². The van der Waals surface area contributed by atoms with Crippen LogP contribution in [0.3, 0.4) is 0 Å². The highest BCUT2D eigenvalue weighted by atomic mass is 127. The third-order valence-electron chi connectivity index (χ3n) is 2.57. The molecule has 2 heterocycles. The third kappa shape index (κ3) is 2.36. The lowest BCUT2D eigenvalue weighted by atomic mass is 10.3. The van der Waals surface area contributed by atoms with Gasteiger partial charge in [0.15, 0.2) is 10.8 Å². The predicted molar refractivity (Wildman–Crippen MR) is 87.4 cm³/mol. The SMILES string of the molecule is Nc1nc2sccn2c1S(=O)(=O)Nc1cccc(I)c1. The molecule has 0 saturated carbocycles. The number of halogens is 1. The molecule has 1 aromatic carbocycles. The summed E-state index contributed by atoms with van der Waals surface area (Å²) in [5.74, 6) is -0.00465. The number of fused-ring (bicyclic) bond motifs is 1. The summed E-state index contributed by atoms with van der Waals surface area (Å²) in [6.45, 7) is 0.